The van der Waals surface area contributed by atoms with Crippen LogP contribution in [0.25, 0.3) is 0 Å². The molecule has 0 aromatic carbocycles. The molecule has 1 fully saturated rings. The third-order valence-corrected chi connectivity index (χ3v) is 4.66. The standard InChI is InChI=1S/C19H34N4O3/c1-5-10-23(19(26)21-9-11-22(3)4)18(25)16(14-20-2)12-15-7-6-8-17(24)13-15/h5,15-16,20H,1,6-14H2,2-4H3,(H,21,26)/t15-,16?/m1/s1. The number of rotatable bonds is 10. The van der Waals surface area contributed by atoms with Crippen molar-refractivity contribution in [2.75, 3.05) is 47.3 Å². The Morgan fingerprint density at radius 2 is 2.12 bits per heavy atom. The van der Waals surface area contributed by atoms with Crippen molar-refractivity contribution in [1.82, 2.24) is 20.4 Å². The third kappa shape index (κ3) is 7.66. The predicted octanol–water partition coefficient (Wildman–Crippen LogP) is 1.26. The highest BCUT2D eigenvalue weighted by Crippen LogP contribution is 2.28. The van der Waals surface area contributed by atoms with Crippen molar-refractivity contribution in [3.05, 3.63) is 12.7 Å². The Kier molecular flexibility index (Phi) is 10.1. The first kappa shape index (κ1) is 22.3. The molecule has 0 bridgehead atoms. The van der Waals surface area contributed by atoms with E-state index in [1.807, 2.05) is 19.0 Å². The van der Waals surface area contributed by atoms with Crippen molar-refractivity contribution in [3.8, 4) is 0 Å². The summed E-state index contributed by atoms with van der Waals surface area (Å²) in [4.78, 5) is 40.4. The molecule has 1 aliphatic rings. The van der Waals surface area contributed by atoms with Gasteiger partial charge in [-0.25, -0.2) is 4.79 Å². The van der Waals surface area contributed by atoms with Gasteiger partial charge in [0.2, 0.25) is 5.91 Å². The van der Waals surface area contributed by atoms with Crippen LogP contribution in [0.5, 0.6) is 0 Å². The molecule has 1 rings (SSSR count). The molecule has 0 heterocycles. The first-order chi connectivity index (χ1) is 12.4. The van der Waals surface area contributed by atoms with Crippen LogP contribution in [0.4, 0.5) is 4.79 Å². The van der Waals surface area contributed by atoms with Crippen molar-refractivity contribution in [2.45, 2.75) is 32.1 Å². The van der Waals surface area contributed by atoms with Crippen LogP contribution in [0.2, 0.25) is 0 Å². The topological polar surface area (TPSA) is 81.8 Å². The number of Topliss-reactive ketones (excluding diaryl/α,β-unsaturated/α-hetero) is 1. The summed E-state index contributed by atoms with van der Waals surface area (Å²) < 4.78 is 0. The summed E-state index contributed by atoms with van der Waals surface area (Å²) in [6, 6.07) is -0.391. The lowest BCUT2D eigenvalue weighted by Crippen LogP contribution is -2.49. The molecule has 0 saturated heterocycles. The summed E-state index contributed by atoms with van der Waals surface area (Å²) in [5.41, 5.74) is 0. The molecule has 0 aromatic heterocycles. The molecule has 2 N–H and O–H groups in total. The Balaban J connectivity index is 2.74. The molecule has 1 aliphatic carbocycles. The summed E-state index contributed by atoms with van der Waals surface area (Å²) in [5.74, 6) is -0.0303. The molecule has 0 aromatic rings. The van der Waals surface area contributed by atoms with Crippen molar-refractivity contribution in [2.24, 2.45) is 11.8 Å². The minimum absolute atomic E-state index is 0.177. The second-order valence-corrected chi connectivity index (χ2v) is 7.26. The minimum Gasteiger partial charge on any atom is -0.336 e. The van der Waals surface area contributed by atoms with Gasteiger partial charge in [-0.15, -0.1) is 6.58 Å². The van der Waals surface area contributed by atoms with Crippen LogP contribution in [0.15, 0.2) is 12.7 Å². The molecule has 1 saturated carbocycles. The molecule has 7 nitrogen and oxygen atoms in total. The van der Waals surface area contributed by atoms with E-state index in [-0.39, 0.29) is 30.1 Å². The van der Waals surface area contributed by atoms with Gasteiger partial charge < -0.3 is 15.5 Å². The number of imide groups is 1. The number of nitrogens with zero attached hydrogens (tertiary/aromatic N) is 2. The third-order valence-electron chi connectivity index (χ3n) is 4.66. The van der Waals surface area contributed by atoms with Crippen LogP contribution in [0.3, 0.4) is 0 Å². The SMILES string of the molecule is C=CCN(C(=O)NCCN(C)C)C(=O)C(CNC)C[C@H]1CCCC(=O)C1. The maximum Gasteiger partial charge on any atom is 0.324 e. The van der Waals surface area contributed by atoms with Gasteiger partial charge in [0.15, 0.2) is 0 Å². The number of ketones is 1. The van der Waals surface area contributed by atoms with Crippen LogP contribution < -0.4 is 10.6 Å². The summed E-state index contributed by atoms with van der Waals surface area (Å²) in [6.07, 6.45) is 5.25. The Labute approximate surface area is 157 Å². The number of likely N-dealkylation sites (N-methyl/N-ethyl adjacent to an activating group) is 1. The van der Waals surface area contributed by atoms with E-state index in [1.165, 1.54) is 4.90 Å². The van der Waals surface area contributed by atoms with Gasteiger partial charge in [-0.05, 0) is 46.3 Å². The first-order valence-electron chi connectivity index (χ1n) is 9.40. The lowest BCUT2D eigenvalue weighted by Gasteiger charge is -2.29. The summed E-state index contributed by atoms with van der Waals surface area (Å²) in [7, 11) is 5.64. The maximum absolute atomic E-state index is 13.0. The van der Waals surface area contributed by atoms with Gasteiger partial charge in [-0.3, -0.25) is 14.5 Å². The highest BCUT2D eigenvalue weighted by molar-refractivity contribution is 5.96. The molecule has 26 heavy (non-hydrogen) atoms. The molecule has 0 radical (unpaired) electrons. The van der Waals surface area contributed by atoms with Crippen molar-refractivity contribution >= 4 is 17.7 Å². The smallest absolute Gasteiger partial charge is 0.324 e. The molecule has 148 valence electrons. The number of hydrogen-bond acceptors (Lipinski definition) is 5. The Bertz CT molecular complexity index is 493. The zero-order valence-corrected chi connectivity index (χ0v) is 16.4. The number of amides is 3. The van der Waals surface area contributed by atoms with Crippen molar-refractivity contribution in [1.29, 1.82) is 0 Å². The minimum atomic E-state index is -0.391. The molecule has 0 spiro atoms. The first-order valence-corrected chi connectivity index (χ1v) is 9.40. The van der Waals surface area contributed by atoms with Crippen LogP contribution in [0, 0.1) is 11.8 Å². The van der Waals surface area contributed by atoms with Crippen LogP contribution in [0.1, 0.15) is 32.1 Å². The monoisotopic (exact) mass is 366 g/mol. The van der Waals surface area contributed by atoms with E-state index >= 15 is 0 Å². The van der Waals surface area contributed by atoms with Gasteiger partial charge in [-0.1, -0.05) is 6.08 Å². The zero-order chi connectivity index (χ0) is 19.5. The second-order valence-electron chi connectivity index (χ2n) is 7.26. The molecule has 0 aliphatic heterocycles. The lowest BCUT2D eigenvalue weighted by atomic mass is 9.81. The van der Waals surface area contributed by atoms with Gasteiger partial charge in [0, 0.05) is 39.0 Å². The van der Waals surface area contributed by atoms with E-state index in [9.17, 15) is 14.4 Å². The van der Waals surface area contributed by atoms with Gasteiger partial charge in [0.05, 0.1) is 5.92 Å². The normalized spacial score (nSPS) is 18.5. The fourth-order valence-electron chi connectivity index (χ4n) is 3.34. The zero-order valence-electron chi connectivity index (χ0n) is 16.4. The van der Waals surface area contributed by atoms with Gasteiger partial charge in [0.1, 0.15) is 5.78 Å². The molecular formula is C19H34N4O3. The second kappa shape index (κ2) is 11.8. The van der Waals surface area contributed by atoms with E-state index in [4.69, 9.17) is 0 Å². The van der Waals surface area contributed by atoms with E-state index < -0.39 is 6.03 Å². The van der Waals surface area contributed by atoms with E-state index in [1.54, 1.807) is 13.1 Å². The molecule has 2 atom stereocenters. The average molecular weight is 367 g/mol. The van der Waals surface area contributed by atoms with Gasteiger partial charge >= 0.3 is 6.03 Å². The predicted molar refractivity (Wildman–Crippen MR) is 103 cm³/mol. The van der Waals surface area contributed by atoms with E-state index in [0.717, 1.165) is 12.8 Å². The maximum atomic E-state index is 13.0. The number of urea groups is 1. The lowest BCUT2D eigenvalue weighted by molar-refractivity contribution is -0.133. The molecule has 1 unspecified atom stereocenters. The van der Waals surface area contributed by atoms with Crippen molar-refractivity contribution in [3.63, 3.8) is 0 Å². The average Bonchev–Trinajstić information content (AvgIpc) is 2.58. The number of carbonyl (C=O) groups is 3. The van der Waals surface area contributed by atoms with Crippen LogP contribution >= 0.6 is 0 Å². The van der Waals surface area contributed by atoms with Gasteiger partial charge in [-0.2, -0.15) is 0 Å². The summed E-state index contributed by atoms with van der Waals surface area (Å²) in [5, 5.41) is 5.84. The Hall–Kier alpha value is -1.73. The molecule has 3 amide bonds. The summed E-state index contributed by atoms with van der Waals surface area (Å²) >= 11 is 0. The van der Waals surface area contributed by atoms with Gasteiger partial charge in [0.25, 0.3) is 0 Å². The van der Waals surface area contributed by atoms with Crippen molar-refractivity contribution < 1.29 is 14.4 Å². The Morgan fingerprint density at radius 3 is 2.69 bits per heavy atom. The molecule has 7 heteroatoms. The highest BCUT2D eigenvalue weighted by atomic mass is 16.2. The fourth-order valence-corrected chi connectivity index (χ4v) is 3.34. The number of carbonyl (C=O) groups excluding carboxylic acids is 3. The fraction of sp³-hybridized carbons (Fsp3) is 0.737. The van der Waals surface area contributed by atoms with E-state index in [2.05, 4.69) is 17.2 Å². The van der Waals surface area contributed by atoms with Crippen LogP contribution in [-0.2, 0) is 9.59 Å². The molecular weight excluding hydrogens is 332 g/mol. The number of hydrogen-bond donors (Lipinski definition) is 2. The largest absolute Gasteiger partial charge is 0.336 e. The van der Waals surface area contributed by atoms with E-state index in [0.29, 0.717) is 38.9 Å². The highest BCUT2D eigenvalue weighted by Gasteiger charge is 2.31. The Morgan fingerprint density at radius 1 is 1.38 bits per heavy atom. The quantitative estimate of drug-likeness (QED) is 0.569. The summed E-state index contributed by atoms with van der Waals surface area (Å²) in [6.45, 7) is 5.50. The van der Waals surface area contributed by atoms with Crippen LogP contribution in [-0.4, -0.2) is 74.8 Å². The number of nitrogens with one attached hydrogen (secondary N) is 2.